The number of carboxylic acids is 1. The number of imidazole rings is 1. The van der Waals surface area contributed by atoms with Gasteiger partial charge in [-0.1, -0.05) is 18.2 Å². The molecule has 3 aromatic heterocycles. The Morgan fingerprint density at radius 1 is 1.36 bits per heavy atom. The van der Waals surface area contributed by atoms with Crippen LogP contribution in [-0.4, -0.2) is 32.4 Å². The van der Waals surface area contributed by atoms with Gasteiger partial charge in [-0.25, -0.2) is 9.78 Å². The minimum atomic E-state index is -1.10. The van der Waals surface area contributed by atoms with Crippen LogP contribution in [0.25, 0.3) is 15.9 Å². The van der Waals surface area contributed by atoms with Gasteiger partial charge in [0.2, 0.25) is 0 Å². The molecule has 4 aromatic rings. The Bertz CT molecular complexity index is 1080. The average Bonchev–Trinajstić information content (AvgIpc) is 3.29. The monoisotopic (exact) mass is 355 g/mol. The number of thiazole rings is 1. The molecular formula is C17H13N3O4S. The summed E-state index contributed by atoms with van der Waals surface area (Å²) in [6, 6.07) is 6.32. The molecule has 1 amide bonds. The lowest BCUT2D eigenvalue weighted by atomic mass is 10.0. The Balaban J connectivity index is 1.58. The molecule has 0 aliphatic rings. The maximum Gasteiger partial charge on any atom is 0.326 e. The Morgan fingerprint density at radius 2 is 2.20 bits per heavy atom. The number of furan rings is 1. The summed E-state index contributed by atoms with van der Waals surface area (Å²) in [4.78, 5) is 28.9. The number of para-hydroxylation sites is 1. The number of amides is 1. The highest BCUT2D eigenvalue weighted by Gasteiger charge is 2.24. The van der Waals surface area contributed by atoms with Crippen molar-refractivity contribution in [3.05, 3.63) is 59.6 Å². The van der Waals surface area contributed by atoms with Crippen molar-refractivity contribution >= 4 is 39.1 Å². The van der Waals surface area contributed by atoms with Crippen LogP contribution in [0.1, 0.15) is 16.1 Å². The van der Waals surface area contributed by atoms with Crippen LogP contribution in [0.5, 0.6) is 0 Å². The van der Waals surface area contributed by atoms with Crippen LogP contribution >= 0.6 is 11.3 Å². The van der Waals surface area contributed by atoms with Gasteiger partial charge in [-0.05, 0) is 6.07 Å². The van der Waals surface area contributed by atoms with Crippen LogP contribution in [0.4, 0.5) is 0 Å². The molecule has 1 atom stereocenters. The lowest BCUT2D eigenvalue weighted by Crippen LogP contribution is -2.42. The summed E-state index contributed by atoms with van der Waals surface area (Å²) in [5.74, 6) is -1.56. The van der Waals surface area contributed by atoms with Gasteiger partial charge < -0.3 is 14.8 Å². The number of carboxylic acid groups (broad SMARTS) is 1. The molecule has 7 nitrogen and oxygen atoms in total. The van der Waals surface area contributed by atoms with Gasteiger partial charge in [-0.3, -0.25) is 9.20 Å². The quantitative estimate of drug-likeness (QED) is 0.573. The van der Waals surface area contributed by atoms with E-state index in [1.807, 2.05) is 24.3 Å². The minimum Gasteiger partial charge on any atom is -0.480 e. The van der Waals surface area contributed by atoms with E-state index in [1.54, 1.807) is 22.2 Å². The van der Waals surface area contributed by atoms with Crippen molar-refractivity contribution < 1.29 is 19.1 Å². The van der Waals surface area contributed by atoms with E-state index in [4.69, 9.17) is 4.42 Å². The molecule has 3 heterocycles. The number of aliphatic carboxylic acids is 1. The normalized spacial score (nSPS) is 12.5. The number of hydrogen-bond acceptors (Lipinski definition) is 5. The predicted octanol–water partition coefficient (Wildman–Crippen LogP) is 2.57. The highest BCUT2D eigenvalue weighted by molar-refractivity contribution is 7.15. The zero-order valence-electron chi connectivity index (χ0n) is 12.9. The number of nitrogens with one attached hydrogen (secondary N) is 1. The number of hydrogen-bond donors (Lipinski definition) is 2. The first-order valence-electron chi connectivity index (χ1n) is 7.53. The second-order valence-corrected chi connectivity index (χ2v) is 6.36. The van der Waals surface area contributed by atoms with Crippen LogP contribution < -0.4 is 5.32 Å². The molecule has 0 aliphatic carbocycles. The molecule has 0 saturated carbocycles. The van der Waals surface area contributed by atoms with Crippen molar-refractivity contribution in [2.24, 2.45) is 0 Å². The summed E-state index contributed by atoms with van der Waals surface area (Å²) in [5, 5.41) is 14.6. The third-order valence-electron chi connectivity index (χ3n) is 3.96. The SMILES string of the molecule is O=C(NC(Cc1coc2ccccc12)C(=O)O)c1csc2nccn12. The van der Waals surface area contributed by atoms with Crippen LogP contribution in [0.2, 0.25) is 0 Å². The maximum atomic E-state index is 12.5. The molecule has 4 rings (SSSR count). The minimum absolute atomic E-state index is 0.134. The largest absolute Gasteiger partial charge is 0.480 e. The number of benzene rings is 1. The van der Waals surface area contributed by atoms with Gasteiger partial charge >= 0.3 is 5.97 Å². The first kappa shape index (κ1) is 15.4. The lowest BCUT2D eigenvalue weighted by Gasteiger charge is -2.13. The summed E-state index contributed by atoms with van der Waals surface area (Å²) < 4.78 is 7.07. The van der Waals surface area contributed by atoms with Crippen molar-refractivity contribution in [2.45, 2.75) is 12.5 Å². The van der Waals surface area contributed by atoms with E-state index in [-0.39, 0.29) is 6.42 Å². The molecule has 0 radical (unpaired) electrons. The lowest BCUT2D eigenvalue weighted by molar-refractivity contribution is -0.139. The van der Waals surface area contributed by atoms with Gasteiger partial charge in [0.15, 0.2) is 4.96 Å². The van der Waals surface area contributed by atoms with Gasteiger partial charge in [0.1, 0.15) is 17.3 Å². The van der Waals surface area contributed by atoms with Crippen molar-refractivity contribution in [3.8, 4) is 0 Å². The third kappa shape index (κ3) is 2.76. The molecule has 2 N–H and O–H groups in total. The maximum absolute atomic E-state index is 12.5. The Labute approximate surface area is 145 Å². The first-order chi connectivity index (χ1) is 12.1. The predicted molar refractivity (Wildman–Crippen MR) is 91.9 cm³/mol. The number of nitrogens with zero attached hydrogens (tertiary/aromatic N) is 2. The summed E-state index contributed by atoms with van der Waals surface area (Å²) in [5.41, 5.74) is 1.79. The van der Waals surface area contributed by atoms with E-state index in [1.165, 1.54) is 17.6 Å². The van der Waals surface area contributed by atoms with Crippen molar-refractivity contribution in [3.63, 3.8) is 0 Å². The van der Waals surface area contributed by atoms with Crippen LogP contribution in [-0.2, 0) is 11.2 Å². The molecule has 8 heteroatoms. The number of fused-ring (bicyclic) bond motifs is 2. The number of aromatic nitrogens is 2. The Morgan fingerprint density at radius 3 is 3.04 bits per heavy atom. The van der Waals surface area contributed by atoms with Crippen LogP contribution in [0.15, 0.2) is 52.7 Å². The van der Waals surface area contributed by atoms with E-state index in [0.717, 1.165) is 10.9 Å². The molecule has 0 spiro atoms. The van der Waals surface area contributed by atoms with E-state index in [9.17, 15) is 14.7 Å². The zero-order chi connectivity index (χ0) is 17.4. The molecular weight excluding hydrogens is 342 g/mol. The molecule has 1 aromatic carbocycles. The van der Waals surface area contributed by atoms with Gasteiger partial charge in [0.05, 0.1) is 6.26 Å². The average molecular weight is 355 g/mol. The van der Waals surface area contributed by atoms with Gasteiger partial charge in [-0.2, -0.15) is 0 Å². The number of carbonyl (C=O) groups excluding carboxylic acids is 1. The molecule has 25 heavy (non-hydrogen) atoms. The highest BCUT2D eigenvalue weighted by atomic mass is 32.1. The zero-order valence-corrected chi connectivity index (χ0v) is 13.7. The van der Waals surface area contributed by atoms with Crippen molar-refractivity contribution in [2.75, 3.05) is 0 Å². The van der Waals surface area contributed by atoms with Crippen LogP contribution in [0.3, 0.4) is 0 Å². The summed E-state index contributed by atoms with van der Waals surface area (Å²) in [7, 11) is 0. The summed E-state index contributed by atoms with van der Waals surface area (Å²) in [6.45, 7) is 0. The third-order valence-corrected chi connectivity index (χ3v) is 4.82. The van der Waals surface area contributed by atoms with E-state index < -0.39 is 17.9 Å². The molecule has 1 unspecified atom stereocenters. The van der Waals surface area contributed by atoms with Gasteiger partial charge in [-0.15, -0.1) is 11.3 Å². The van der Waals surface area contributed by atoms with Crippen molar-refractivity contribution in [1.82, 2.24) is 14.7 Å². The molecule has 0 fully saturated rings. The van der Waals surface area contributed by atoms with Crippen LogP contribution in [0, 0.1) is 0 Å². The second kappa shape index (κ2) is 6.06. The Hall–Kier alpha value is -3.13. The molecule has 0 bridgehead atoms. The van der Waals surface area contributed by atoms with Crippen molar-refractivity contribution in [1.29, 1.82) is 0 Å². The molecule has 0 aliphatic heterocycles. The molecule has 0 saturated heterocycles. The van der Waals surface area contributed by atoms with Gasteiger partial charge in [0.25, 0.3) is 5.91 Å². The van der Waals surface area contributed by atoms with E-state index >= 15 is 0 Å². The number of carbonyl (C=O) groups is 2. The Kier molecular flexibility index (Phi) is 3.73. The fraction of sp³-hybridized carbons (Fsp3) is 0.118. The highest BCUT2D eigenvalue weighted by Crippen LogP contribution is 2.22. The fourth-order valence-electron chi connectivity index (χ4n) is 2.73. The van der Waals surface area contributed by atoms with E-state index in [0.29, 0.717) is 16.2 Å². The first-order valence-corrected chi connectivity index (χ1v) is 8.41. The summed E-state index contributed by atoms with van der Waals surface area (Å²) in [6.07, 6.45) is 4.93. The topological polar surface area (TPSA) is 96.8 Å². The fourth-order valence-corrected chi connectivity index (χ4v) is 3.56. The summed E-state index contributed by atoms with van der Waals surface area (Å²) >= 11 is 1.32. The molecule has 126 valence electrons. The smallest absolute Gasteiger partial charge is 0.326 e. The van der Waals surface area contributed by atoms with Gasteiger partial charge in [0, 0.05) is 35.1 Å². The number of rotatable bonds is 5. The van der Waals surface area contributed by atoms with E-state index in [2.05, 4.69) is 10.3 Å². The standard InChI is InChI=1S/C17H13N3O4S/c21-15(13-9-25-17-18-5-6-20(13)17)19-12(16(22)23)7-10-8-24-14-4-2-1-3-11(10)14/h1-6,8-9,12H,7H2,(H,19,21)(H,22,23). The second-order valence-electron chi connectivity index (χ2n) is 5.53.